The molecule has 252 valence electrons. The van der Waals surface area contributed by atoms with Crippen LogP contribution in [0.3, 0.4) is 0 Å². The van der Waals surface area contributed by atoms with Gasteiger partial charge in [-0.2, -0.15) is 0 Å². The van der Waals surface area contributed by atoms with Gasteiger partial charge >= 0.3 is 0 Å². The van der Waals surface area contributed by atoms with Crippen LogP contribution in [-0.2, 0) is 4.79 Å². The molecule has 1 atom stereocenters. The SMILES string of the molecule is COc1ccc(N2CCN(C(=O)c3ccc4c(c3)nc(-c3cccc(Oc5ccccc5)c3)n4C(CCCNC(=N)N)C(N)=O)CC2)cc1. The molecule has 0 spiro atoms. The third-order valence-corrected chi connectivity index (χ3v) is 8.62. The van der Waals surface area contributed by atoms with Crippen molar-refractivity contribution >= 4 is 34.5 Å². The van der Waals surface area contributed by atoms with E-state index in [1.165, 1.54) is 0 Å². The fourth-order valence-electron chi connectivity index (χ4n) is 6.13. The number of piperazine rings is 1. The van der Waals surface area contributed by atoms with E-state index < -0.39 is 11.9 Å². The van der Waals surface area contributed by atoms with Gasteiger partial charge in [0.05, 0.1) is 18.1 Å². The largest absolute Gasteiger partial charge is 0.497 e. The van der Waals surface area contributed by atoms with Crippen molar-refractivity contribution in [1.29, 1.82) is 5.41 Å². The van der Waals surface area contributed by atoms with Gasteiger partial charge in [-0.3, -0.25) is 15.0 Å². The van der Waals surface area contributed by atoms with Gasteiger partial charge in [-0.05, 0) is 79.6 Å². The van der Waals surface area contributed by atoms with Gasteiger partial charge in [-0.15, -0.1) is 0 Å². The Bertz CT molecular complexity index is 1940. The van der Waals surface area contributed by atoms with Crippen molar-refractivity contribution in [3.8, 4) is 28.6 Å². The highest BCUT2D eigenvalue weighted by atomic mass is 16.5. The number of carbonyl (C=O) groups excluding carboxylic acids is 2. The second kappa shape index (κ2) is 14.8. The Hall–Kier alpha value is -6.04. The zero-order valence-corrected chi connectivity index (χ0v) is 27.3. The predicted octanol–water partition coefficient (Wildman–Crippen LogP) is 4.76. The van der Waals surface area contributed by atoms with Crippen LogP contribution in [0.5, 0.6) is 17.2 Å². The fraction of sp³-hybridized carbons (Fsp3) is 0.243. The summed E-state index contributed by atoms with van der Waals surface area (Å²) in [5.41, 5.74) is 15.0. The van der Waals surface area contributed by atoms with Gasteiger partial charge in [0.2, 0.25) is 5.91 Å². The minimum Gasteiger partial charge on any atom is -0.497 e. The summed E-state index contributed by atoms with van der Waals surface area (Å²) in [7, 11) is 1.65. The zero-order valence-electron chi connectivity index (χ0n) is 27.3. The number of amides is 2. The van der Waals surface area contributed by atoms with E-state index in [1.807, 2.05) is 94.4 Å². The number of benzene rings is 4. The molecule has 0 bridgehead atoms. The molecule has 1 fully saturated rings. The van der Waals surface area contributed by atoms with Crippen molar-refractivity contribution in [2.75, 3.05) is 44.7 Å². The summed E-state index contributed by atoms with van der Waals surface area (Å²) in [6.07, 6.45) is 0.913. The van der Waals surface area contributed by atoms with Crippen LogP contribution >= 0.6 is 0 Å². The van der Waals surface area contributed by atoms with Gasteiger partial charge < -0.3 is 40.6 Å². The highest BCUT2D eigenvalue weighted by Gasteiger charge is 2.27. The first-order valence-corrected chi connectivity index (χ1v) is 16.2. The number of aromatic nitrogens is 2. The maximum atomic E-state index is 13.8. The first-order valence-electron chi connectivity index (χ1n) is 16.2. The Kier molecular flexibility index (Phi) is 9.93. The smallest absolute Gasteiger partial charge is 0.254 e. The van der Waals surface area contributed by atoms with Gasteiger partial charge in [0.15, 0.2) is 5.96 Å². The molecule has 2 heterocycles. The van der Waals surface area contributed by atoms with Gasteiger partial charge in [0, 0.05) is 49.5 Å². The van der Waals surface area contributed by atoms with Crippen molar-refractivity contribution in [2.24, 2.45) is 11.5 Å². The topological polar surface area (TPSA) is 165 Å². The molecule has 2 amide bonds. The number of hydrogen-bond acceptors (Lipinski definition) is 7. The third kappa shape index (κ3) is 7.59. The lowest BCUT2D eigenvalue weighted by Crippen LogP contribution is -2.48. The summed E-state index contributed by atoms with van der Waals surface area (Å²) in [4.78, 5) is 35.8. The lowest BCUT2D eigenvalue weighted by Gasteiger charge is -2.36. The normalized spacial score (nSPS) is 13.6. The number of carbonyl (C=O) groups is 2. The number of rotatable bonds is 12. The average Bonchev–Trinajstić information content (AvgIpc) is 3.50. The number of para-hydroxylation sites is 1. The Morgan fingerprint density at radius 2 is 1.61 bits per heavy atom. The summed E-state index contributed by atoms with van der Waals surface area (Å²) in [6.45, 7) is 2.98. The Morgan fingerprint density at radius 3 is 2.31 bits per heavy atom. The monoisotopic (exact) mass is 660 g/mol. The number of fused-ring (bicyclic) bond motifs is 1. The molecule has 1 aliphatic rings. The van der Waals surface area contributed by atoms with E-state index in [-0.39, 0.29) is 11.9 Å². The molecule has 1 saturated heterocycles. The Morgan fingerprint density at radius 1 is 0.878 bits per heavy atom. The summed E-state index contributed by atoms with van der Waals surface area (Å²) in [6, 6.07) is 29.5. The molecule has 1 aromatic heterocycles. The molecule has 6 rings (SSSR count). The second-order valence-electron chi connectivity index (χ2n) is 11.8. The Labute approximate surface area is 284 Å². The van der Waals surface area contributed by atoms with Crippen LogP contribution in [0.25, 0.3) is 22.4 Å². The number of nitrogens with one attached hydrogen (secondary N) is 2. The number of ether oxygens (including phenoxy) is 2. The highest BCUT2D eigenvalue weighted by Crippen LogP contribution is 2.34. The predicted molar refractivity (Wildman–Crippen MR) is 190 cm³/mol. The summed E-state index contributed by atoms with van der Waals surface area (Å²) in [5, 5.41) is 10.2. The van der Waals surface area contributed by atoms with Crippen LogP contribution in [0, 0.1) is 5.41 Å². The van der Waals surface area contributed by atoms with Crippen LogP contribution in [0.4, 0.5) is 5.69 Å². The van der Waals surface area contributed by atoms with E-state index in [0.717, 1.165) is 17.0 Å². The minimum absolute atomic E-state index is 0.0765. The highest BCUT2D eigenvalue weighted by molar-refractivity contribution is 5.98. The van der Waals surface area contributed by atoms with Gasteiger partial charge in [0.25, 0.3) is 5.91 Å². The van der Waals surface area contributed by atoms with E-state index in [2.05, 4.69) is 10.2 Å². The number of nitrogens with zero attached hydrogens (tertiary/aromatic N) is 4. The van der Waals surface area contributed by atoms with Crippen molar-refractivity contribution in [3.63, 3.8) is 0 Å². The second-order valence-corrected chi connectivity index (χ2v) is 11.8. The van der Waals surface area contributed by atoms with E-state index in [4.69, 9.17) is 31.3 Å². The first-order chi connectivity index (χ1) is 23.8. The van der Waals surface area contributed by atoms with E-state index in [1.54, 1.807) is 19.2 Å². The number of primary amides is 1. The molecule has 49 heavy (non-hydrogen) atoms. The lowest BCUT2D eigenvalue weighted by molar-refractivity contribution is -0.121. The van der Waals surface area contributed by atoms with Crippen molar-refractivity contribution in [2.45, 2.75) is 18.9 Å². The molecule has 0 saturated carbocycles. The van der Waals surface area contributed by atoms with Crippen molar-refractivity contribution in [3.05, 3.63) is 103 Å². The summed E-state index contributed by atoms with van der Waals surface area (Å²) >= 11 is 0. The minimum atomic E-state index is -0.750. The lowest BCUT2D eigenvalue weighted by atomic mass is 10.1. The van der Waals surface area contributed by atoms with Crippen molar-refractivity contribution in [1.82, 2.24) is 19.8 Å². The Balaban J connectivity index is 1.30. The standard InChI is InChI=1S/C37H40N8O4/c1-48-28-15-13-27(14-16-28)43-19-21-44(22-20-43)36(47)26-12-17-32-31(24-26)42-35(45(32)33(34(38)46)11-6-18-41-37(39)40)25-7-5-10-30(23-25)49-29-8-3-2-4-9-29/h2-5,7-10,12-17,23-24,33H,6,11,18-22H2,1H3,(H2,38,46)(H4,39,40,41). The maximum absolute atomic E-state index is 13.8. The van der Waals surface area contributed by atoms with Gasteiger partial charge in [-0.1, -0.05) is 30.3 Å². The van der Waals surface area contributed by atoms with Crippen LogP contribution < -0.4 is 31.2 Å². The quantitative estimate of drug-likeness (QED) is 0.0846. The van der Waals surface area contributed by atoms with Crippen molar-refractivity contribution < 1.29 is 19.1 Å². The molecule has 4 aromatic carbocycles. The number of guanidine groups is 1. The zero-order chi connectivity index (χ0) is 34.3. The molecular weight excluding hydrogens is 620 g/mol. The molecule has 6 N–H and O–H groups in total. The fourth-order valence-corrected chi connectivity index (χ4v) is 6.13. The first kappa shape index (κ1) is 32.9. The van der Waals surface area contributed by atoms with Crippen LogP contribution in [0.1, 0.15) is 29.2 Å². The van der Waals surface area contributed by atoms with E-state index in [0.29, 0.717) is 79.5 Å². The number of nitrogens with two attached hydrogens (primary N) is 2. The van der Waals surface area contributed by atoms with E-state index in [9.17, 15) is 9.59 Å². The number of methoxy groups -OCH3 is 1. The van der Waals surface area contributed by atoms with Gasteiger partial charge in [0.1, 0.15) is 29.1 Å². The molecule has 1 aliphatic heterocycles. The molecule has 0 aliphatic carbocycles. The van der Waals surface area contributed by atoms with Crippen LogP contribution in [0.15, 0.2) is 97.1 Å². The number of anilines is 1. The molecule has 12 heteroatoms. The maximum Gasteiger partial charge on any atom is 0.254 e. The molecule has 12 nitrogen and oxygen atoms in total. The summed E-state index contributed by atoms with van der Waals surface area (Å²) < 4.78 is 13.2. The molecule has 0 radical (unpaired) electrons. The summed E-state index contributed by atoms with van der Waals surface area (Å²) in [5.74, 6) is 1.89. The third-order valence-electron chi connectivity index (χ3n) is 8.62. The van der Waals surface area contributed by atoms with E-state index >= 15 is 0 Å². The molecular formula is C37H40N8O4. The average molecular weight is 661 g/mol. The van der Waals surface area contributed by atoms with Crippen LogP contribution in [0.2, 0.25) is 0 Å². The number of hydrogen-bond donors (Lipinski definition) is 4. The van der Waals surface area contributed by atoms with Gasteiger partial charge in [-0.25, -0.2) is 4.98 Å². The number of imidazole rings is 1. The molecule has 1 unspecified atom stereocenters. The van der Waals surface area contributed by atoms with Crippen LogP contribution in [-0.4, -0.2) is 72.1 Å². The molecule has 5 aromatic rings.